The number of aliphatic hydroxyl groups is 1. The summed E-state index contributed by atoms with van der Waals surface area (Å²) in [6.45, 7) is 0.675. The van der Waals surface area contributed by atoms with Crippen LogP contribution in [0.25, 0.3) is 0 Å². The van der Waals surface area contributed by atoms with Gasteiger partial charge in [-0.3, -0.25) is 14.8 Å². The number of ether oxygens (including phenoxy) is 1. The molecule has 2 rings (SSSR count). The molecule has 30 heavy (non-hydrogen) atoms. The van der Waals surface area contributed by atoms with Crippen LogP contribution >= 0.6 is 0 Å². The molecule has 0 saturated heterocycles. The van der Waals surface area contributed by atoms with Gasteiger partial charge in [0.2, 0.25) is 0 Å². The molecule has 0 saturated carbocycles. The van der Waals surface area contributed by atoms with Gasteiger partial charge in [-0.2, -0.15) is 0 Å². The smallest absolute Gasteiger partial charge is 0.269 e. The number of carbonyl (C=O) groups is 2. The van der Waals surface area contributed by atoms with Crippen molar-refractivity contribution in [2.75, 3.05) is 7.11 Å². The van der Waals surface area contributed by atoms with Crippen LogP contribution in [0, 0.1) is 11.8 Å². The Labute approximate surface area is 171 Å². The second kappa shape index (κ2) is 9.82. The molecular formula is C21H20F2N2O5. The number of hydroxylamine groups is 1. The van der Waals surface area contributed by atoms with E-state index in [1.165, 1.54) is 31.4 Å². The van der Waals surface area contributed by atoms with E-state index in [9.17, 15) is 23.5 Å². The second-order valence-corrected chi connectivity index (χ2v) is 6.44. The zero-order valence-electron chi connectivity index (χ0n) is 16.1. The Morgan fingerprint density at radius 2 is 1.73 bits per heavy atom. The lowest BCUT2D eigenvalue weighted by molar-refractivity contribution is -0.149. The fourth-order valence-electron chi connectivity index (χ4n) is 2.47. The molecule has 0 heterocycles. The molecule has 4 N–H and O–H groups in total. The number of hydrogen-bond acceptors (Lipinski definition) is 5. The van der Waals surface area contributed by atoms with Crippen molar-refractivity contribution in [1.29, 1.82) is 0 Å². The van der Waals surface area contributed by atoms with E-state index in [4.69, 9.17) is 9.94 Å². The Bertz CT molecular complexity index is 965. The maximum absolute atomic E-state index is 13.1. The summed E-state index contributed by atoms with van der Waals surface area (Å²) in [7, 11) is 1.53. The Kier molecular flexibility index (Phi) is 7.47. The van der Waals surface area contributed by atoms with Crippen LogP contribution in [0.15, 0.2) is 48.5 Å². The number of alkyl halides is 2. The van der Waals surface area contributed by atoms with Gasteiger partial charge in [-0.1, -0.05) is 24.0 Å². The molecule has 0 aromatic heterocycles. The third-order valence-electron chi connectivity index (χ3n) is 4.27. The maximum Gasteiger partial charge on any atom is 0.269 e. The highest BCUT2D eigenvalue weighted by molar-refractivity contribution is 5.97. The van der Waals surface area contributed by atoms with Crippen LogP contribution in [-0.4, -0.2) is 47.3 Å². The van der Waals surface area contributed by atoms with Gasteiger partial charge in [0.15, 0.2) is 5.60 Å². The topological polar surface area (TPSA) is 108 Å². The van der Waals surface area contributed by atoms with Crippen molar-refractivity contribution < 1.29 is 33.4 Å². The normalized spacial score (nSPS) is 13.4. The molecule has 2 aromatic carbocycles. The number of halogens is 2. The van der Waals surface area contributed by atoms with Gasteiger partial charge >= 0.3 is 0 Å². The highest BCUT2D eigenvalue weighted by Gasteiger charge is 2.46. The monoisotopic (exact) mass is 418 g/mol. The van der Waals surface area contributed by atoms with Crippen LogP contribution < -0.4 is 15.5 Å². The molecule has 7 nitrogen and oxygen atoms in total. The summed E-state index contributed by atoms with van der Waals surface area (Å²) in [5, 5.41) is 20.6. The van der Waals surface area contributed by atoms with Crippen LogP contribution in [0.2, 0.25) is 0 Å². The number of benzene rings is 2. The summed E-state index contributed by atoms with van der Waals surface area (Å²) in [4.78, 5) is 24.0. The standard InChI is InChI=1S/C21H20F2N2O5/c1-21(28,20(22)23)17(19(27)25-29)24-18(26)15-11-8-13(9-12-15)7-10-14-5-3-4-6-16(14)30-2/h3-6,8-9,11-12,17,20,28-29H,1-2H3,(H,24,26)(H,25,27)/t17-,21?/m1/s1. The van der Waals surface area contributed by atoms with E-state index in [-0.39, 0.29) is 5.56 Å². The molecule has 2 aromatic rings. The highest BCUT2D eigenvalue weighted by Crippen LogP contribution is 2.20. The van der Waals surface area contributed by atoms with Crippen molar-refractivity contribution >= 4 is 11.8 Å². The van der Waals surface area contributed by atoms with Crippen molar-refractivity contribution in [2.45, 2.75) is 25.0 Å². The lowest BCUT2D eigenvalue weighted by atomic mass is 9.95. The van der Waals surface area contributed by atoms with E-state index in [1.807, 2.05) is 17.4 Å². The van der Waals surface area contributed by atoms with Gasteiger partial charge in [-0.25, -0.2) is 14.3 Å². The van der Waals surface area contributed by atoms with E-state index in [2.05, 4.69) is 11.8 Å². The molecule has 0 spiro atoms. The fraction of sp³-hybridized carbons (Fsp3) is 0.238. The third kappa shape index (κ3) is 5.31. The van der Waals surface area contributed by atoms with Crippen LogP contribution in [0.3, 0.4) is 0 Å². The minimum absolute atomic E-state index is 0.0404. The summed E-state index contributed by atoms with van der Waals surface area (Å²) in [6.07, 6.45) is -3.35. The van der Waals surface area contributed by atoms with Gasteiger partial charge in [0.25, 0.3) is 18.2 Å². The summed E-state index contributed by atoms with van der Waals surface area (Å²) < 4.78 is 31.3. The predicted octanol–water partition coefficient (Wildman–Crippen LogP) is 1.71. The average Bonchev–Trinajstić information content (AvgIpc) is 2.75. The Morgan fingerprint density at radius 1 is 1.10 bits per heavy atom. The average molecular weight is 418 g/mol. The lowest BCUT2D eigenvalue weighted by Crippen LogP contribution is -2.61. The molecule has 2 atom stereocenters. The van der Waals surface area contributed by atoms with E-state index >= 15 is 0 Å². The van der Waals surface area contributed by atoms with Gasteiger partial charge in [0.05, 0.1) is 12.7 Å². The molecule has 0 aliphatic heterocycles. The first-order chi connectivity index (χ1) is 14.2. The SMILES string of the molecule is COc1ccccc1C#Cc1ccc(C(=O)N[C@H](C(=O)NO)C(C)(O)C(F)F)cc1. The largest absolute Gasteiger partial charge is 0.495 e. The van der Waals surface area contributed by atoms with Gasteiger partial charge in [-0.05, 0) is 43.3 Å². The number of amides is 2. The van der Waals surface area contributed by atoms with E-state index in [0.29, 0.717) is 23.8 Å². The molecule has 0 radical (unpaired) electrons. The first-order valence-electron chi connectivity index (χ1n) is 8.71. The number of carbonyl (C=O) groups excluding carboxylic acids is 2. The van der Waals surface area contributed by atoms with Crippen molar-refractivity contribution in [2.24, 2.45) is 0 Å². The molecule has 0 aliphatic rings. The molecule has 2 amide bonds. The summed E-state index contributed by atoms with van der Waals surface area (Å²) >= 11 is 0. The predicted molar refractivity (Wildman–Crippen MR) is 103 cm³/mol. The molecule has 0 aliphatic carbocycles. The maximum atomic E-state index is 13.1. The highest BCUT2D eigenvalue weighted by atomic mass is 19.3. The summed E-state index contributed by atoms with van der Waals surface area (Å²) in [5.74, 6) is 4.19. The van der Waals surface area contributed by atoms with E-state index < -0.39 is 29.9 Å². The van der Waals surface area contributed by atoms with Crippen molar-refractivity contribution in [3.63, 3.8) is 0 Å². The molecular weight excluding hydrogens is 398 g/mol. The summed E-state index contributed by atoms with van der Waals surface area (Å²) in [6, 6.07) is 10.9. The van der Waals surface area contributed by atoms with Crippen molar-refractivity contribution in [3.8, 4) is 17.6 Å². The number of methoxy groups -OCH3 is 1. The quantitative estimate of drug-likeness (QED) is 0.325. The Morgan fingerprint density at radius 3 is 2.30 bits per heavy atom. The van der Waals surface area contributed by atoms with Crippen LogP contribution in [0.5, 0.6) is 5.75 Å². The first kappa shape index (κ1) is 22.8. The number of para-hydroxylation sites is 1. The second-order valence-electron chi connectivity index (χ2n) is 6.44. The van der Waals surface area contributed by atoms with E-state index in [1.54, 1.807) is 12.1 Å². The summed E-state index contributed by atoms with van der Waals surface area (Å²) in [5.41, 5.74) is -0.456. The minimum atomic E-state index is -3.35. The minimum Gasteiger partial charge on any atom is -0.495 e. The van der Waals surface area contributed by atoms with Crippen molar-refractivity contribution in [1.82, 2.24) is 10.8 Å². The zero-order valence-corrected chi connectivity index (χ0v) is 16.1. The zero-order chi connectivity index (χ0) is 22.3. The fourth-order valence-corrected chi connectivity index (χ4v) is 2.47. The number of hydrogen-bond donors (Lipinski definition) is 4. The van der Waals surface area contributed by atoms with Gasteiger partial charge < -0.3 is 15.2 Å². The first-order valence-corrected chi connectivity index (χ1v) is 8.71. The lowest BCUT2D eigenvalue weighted by Gasteiger charge is -2.30. The van der Waals surface area contributed by atoms with Gasteiger partial charge in [0, 0.05) is 11.1 Å². The molecule has 0 fully saturated rings. The molecule has 1 unspecified atom stereocenters. The van der Waals surface area contributed by atoms with E-state index in [0.717, 1.165) is 5.48 Å². The van der Waals surface area contributed by atoms with Crippen LogP contribution in [0.1, 0.15) is 28.4 Å². The van der Waals surface area contributed by atoms with Crippen molar-refractivity contribution in [3.05, 3.63) is 65.2 Å². The van der Waals surface area contributed by atoms with Crippen LogP contribution in [0.4, 0.5) is 8.78 Å². The van der Waals surface area contributed by atoms with Gasteiger partial charge in [-0.15, -0.1) is 0 Å². The number of rotatable bonds is 6. The van der Waals surface area contributed by atoms with Gasteiger partial charge in [0.1, 0.15) is 11.8 Å². The third-order valence-corrected chi connectivity index (χ3v) is 4.27. The van der Waals surface area contributed by atoms with Crippen LogP contribution in [-0.2, 0) is 4.79 Å². The Hall–Kier alpha value is -3.48. The molecule has 158 valence electrons. The molecule has 0 bridgehead atoms. The molecule has 9 heteroatoms. The Balaban J connectivity index is 2.18. The number of nitrogens with one attached hydrogen (secondary N) is 2.